The Labute approximate surface area is 136 Å². The Balaban J connectivity index is 1.77. The highest BCUT2D eigenvalue weighted by Gasteiger charge is 2.18. The van der Waals surface area contributed by atoms with E-state index in [0.29, 0.717) is 5.56 Å². The van der Waals surface area contributed by atoms with Crippen LogP contribution in [0.25, 0.3) is 5.69 Å². The molecule has 3 aromatic rings. The third kappa shape index (κ3) is 3.16. The molecule has 1 heterocycles. The first-order valence-corrected chi connectivity index (χ1v) is 7.59. The van der Waals surface area contributed by atoms with Crippen LogP contribution in [-0.4, -0.2) is 27.6 Å². The second-order valence-corrected chi connectivity index (χ2v) is 5.50. The van der Waals surface area contributed by atoms with Gasteiger partial charge in [0.2, 0.25) is 0 Å². The van der Waals surface area contributed by atoms with Crippen LogP contribution in [0.3, 0.4) is 0 Å². The molecule has 2 aromatic carbocycles. The third-order valence-corrected chi connectivity index (χ3v) is 4.07. The molecule has 1 amide bonds. The summed E-state index contributed by atoms with van der Waals surface area (Å²) in [6.45, 7) is 2.03. The predicted molar refractivity (Wildman–Crippen MR) is 90.5 cm³/mol. The van der Waals surface area contributed by atoms with E-state index in [4.69, 9.17) is 0 Å². The molecule has 116 valence electrons. The lowest BCUT2D eigenvalue weighted by Crippen LogP contribution is -2.29. The number of nitrogens with zero attached hydrogens (tertiary/aromatic N) is 3. The first-order valence-electron chi connectivity index (χ1n) is 7.59. The van der Waals surface area contributed by atoms with Crippen molar-refractivity contribution in [2.24, 2.45) is 0 Å². The van der Waals surface area contributed by atoms with Crippen molar-refractivity contribution in [1.82, 2.24) is 14.7 Å². The fourth-order valence-electron chi connectivity index (χ4n) is 2.51. The Hall–Kier alpha value is -2.88. The van der Waals surface area contributed by atoms with E-state index in [9.17, 15) is 4.79 Å². The zero-order valence-electron chi connectivity index (χ0n) is 13.3. The van der Waals surface area contributed by atoms with E-state index in [1.807, 2.05) is 80.8 Å². The molecule has 0 aliphatic carbocycles. The van der Waals surface area contributed by atoms with E-state index in [2.05, 4.69) is 5.10 Å². The highest BCUT2D eigenvalue weighted by atomic mass is 16.2. The number of benzene rings is 2. The summed E-state index contributed by atoms with van der Waals surface area (Å²) in [5.74, 6) is 0.00775. The Bertz CT molecular complexity index is 764. The molecule has 23 heavy (non-hydrogen) atoms. The molecule has 0 saturated carbocycles. The summed E-state index contributed by atoms with van der Waals surface area (Å²) in [7, 11) is 1.83. The standard InChI is InChI=1S/C19H19N3O/c1-15(16-7-4-3-5-8-16)21(2)19(23)17-9-11-18(12-10-17)22-14-6-13-20-22/h3-15H,1-2H3/t15-/m0/s1. The molecule has 0 bridgehead atoms. The number of carbonyl (C=O) groups excluding carboxylic acids is 1. The number of aromatic nitrogens is 2. The number of amides is 1. The summed E-state index contributed by atoms with van der Waals surface area (Å²) in [6.07, 6.45) is 3.61. The molecule has 4 heteroatoms. The summed E-state index contributed by atoms with van der Waals surface area (Å²) >= 11 is 0. The van der Waals surface area contributed by atoms with Crippen molar-refractivity contribution in [2.45, 2.75) is 13.0 Å². The SMILES string of the molecule is C[C@@H](c1ccccc1)N(C)C(=O)c1ccc(-n2cccn2)cc1. The van der Waals surface area contributed by atoms with Gasteiger partial charge in [0.25, 0.3) is 5.91 Å². The maximum atomic E-state index is 12.7. The summed E-state index contributed by atoms with van der Waals surface area (Å²) in [6, 6.07) is 19.4. The molecule has 0 radical (unpaired) electrons. The van der Waals surface area contributed by atoms with E-state index in [0.717, 1.165) is 11.3 Å². The first-order chi connectivity index (χ1) is 11.2. The molecule has 0 saturated heterocycles. The average Bonchev–Trinajstić information content (AvgIpc) is 3.15. The molecule has 1 atom stereocenters. The number of hydrogen-bond donors (Lipinski definition) is 0. The van der Waals surface area contributed by atoms with E-state index < -0.39 is 0 Å². The van der Waals surface area contributed by atoms with Crippen molar-refractivity contribution in [3.05, 3.63) is 84.2 Å². The van der Waals surface area contributed by atoms with Gasteiger partial charge in [0, 0.05) is 25.0 Å². The predicted octanol–water partition coefficient (Wildman–Crippen LogP) is 3.71. The Kier molecular flexibility index (Phi) is 4.24. The summed E-state index contributed by atoms with van der Waals surface area (Å²) in [5.41, 5.74) is 2.73. The summed E-state index contributed by atoms with van der Waals surface area (Å²) in [5, 5.41) is 4.19. The van der Waals surface area contributed by atoms with E-state index in [1.54, 1.807) is 15.8 Å². The van der Waals surface area contributed by atoms with Gasteiger partial charge >= 0.3 is 0 Å². The van der Waals surface area contributed by atoms with Crippen LogP contribution in [0.1, 0.15) is 28.9 Å². The van der Waals surface area contributed by atoms with Gasteiger partial charge in [-0.25, -0.2) is 4.68 Å². The van der Waals surface area contributed by atoms with E-state index >= 15 is 0 Å². The summed E-state index contributed by atoms with van der Waals surface area (Å²) < 4.78 is 1.77. The third-order valence-electron chi connectivity index (χ3n) is 4.07. The minimum absolute atomic E-state index is 0.00775. The van der Waals surface area contributed by atoms with Gasteiger partial charge in [-0.2, -0.15) is 5.10 Å². The van der Waals surface area contributed by atoms with Crippen molar-refractivity contribution < 1.29 is 4.79 Å². The Morgan fingerprint density at radius 3 is 2.35 bits per heavy atom. The van der Waals surface area contributed by atoms with Crippen LogP contribution in [0, 0.1) is 0 Å². The zero-order chi connectivity index (χ0) is 16.2. The van der Waals surface area contributed by atoms with Crippen molar-refractivity contribution in [3.8, 4) is 5.69 Å². The van der Waals surface area contributed by atoms with Crippen LogP contribution in [0.4, 0.5) is 0 Å². The van der Waals surface area contributed by atoms with Crippen LogP contribution >= 0.6 is 0 Å². The molecule has 3 rings (SSSR count). The molecule has 0 spiro atoms. The van der Waals surface area contributed by atoms with Crippen molar-refractivity contribution in [1.29, 1.82) is 0 Å². The minimum Gasteiger partial charge on any atom is -0.335 e. The van der Waals surface area contributed by atoms with Gasteiger partial charge in [-0.1, -0.05) is 30.3 Å². The fraction of sp³-hybridized carbons (Fsp3) is 0.158. The highest BCUT2D eigenvalue weighted by molar-refractivity contribution is 5.94. The van der Waals surface area contributed by atoms with E-state index in [1.165, 1.54) is 0 Å². The fourth-order valence-corrected chi connectivity index (χ4v) is 2.51. The van der Waals surface area contributed by atoms with Gasteiger partial charge in [0.05, 0.1) is 11.7 Å². The number of hydrogen-bond acceptors (Lipinski definition) is 2. The quantitative estimate of drug-likeness (QED) is 0.737. The van der Waals surface area contributed by atoms with Crippen LogP contribution in [0.5, 0.6) is 0 Å². The van der Waals surface area contributed by atoms with Gasteiger partial charge < -0.3 is 4.90 Å². The van der Waals surface area contributed by atoms with Crippen molar-refractivity contribution in [3.63, 3.8) is 0 Å². The smallest absolute Gasteiger partial charge is 0.254 e. The molecule has 0 N–H and O–H groups in total. The molecule has 0 unspecified atom stereocenters. The molecule has 0 fully saturated rings. The molecule has 0 aliphatic rings. The average molecular weight is 305 g/mol. The lowest BCUT2D eigenvalue weighted by atomic mass is 10.1. The normalized spacial score (nSPS) is 11.9. The minimum atomic E-state index is 0.00775. The van der Waals surface area contributed by atoms with Crippen molar-refractivity contribution in [2.75, 3.05) is 7.05 Å². The molecule has 1 aromatic heterocycles. The second-order valence-electron chi connectivity index (χ2n) is 5.50. The van der Waals surface area contributed by atoms with Crippen LogP contribution in [0.2, 0.25) is 0 Å². The molecular formula is C19H19N3O. The highest BCUT2D eigenvalue weighted by Crippen LogP contribution is 2.20. The van der Waals surface area contributed by atoms with Crippen LogP contribution < -0.4 is 0 Å². The molecule has 0 aliphatic heterocycles. The van der Waals surface area contributed by atoms with Crippen LogP contribution in [0.15, 0.2) is 73.1 Å². The first kappa shape index (κ1) is 15.0. The van der Waals surface area contributed by atoms with Crippen molar-refractivity contribution >= 4 is 5.91 Å². The van der Waals surface area contributed by atoms with Gasteiger partial charge in [0.1, 0.15) is 0 Å². The maximum Gasteiger partial charge on any atom is 0.254 e. The van der Waals surface area contributed by atoms with Gasteiger partial charge in [0.15, 0.2) is 0 Å². The maximum absolute atomic E-state index is 12.7. The Morgan fingerprint density at radius 2 is 1.74 bits per heavy atom. The second kappa shape index (κ2) is 6.48. The van der Waals surface area contributed by atoms with Crippen LogP contribution in [-0.2, 0) is 0 Å². The Morgan fingerprint density at radius 1 is 1.04 bits per heavy atom. The largest absolute Gasteiger partial charge is 0.335 e. The molecular weight excluding hydrogens is 286 g/mol. The summed E-state index contributed by atoms with van der Waals surface area (Å²) in [4.78, 5) is 14.4. The lowest BCUT2D eigenvalue weighted by Gasteiger charge is -2.25. The van der Waals surface area contributed by atoms with E-state index in [-0.39, 0.29) is 11.9 Å². The number of carbonyl (C=O) groups is 1. The van der Waals surface area contributed by atoms with Gasteiger partial charge in [-0.15, -0.1) is 0 Å². The zero-order valence-corrected chi connectivity index (χ0v) is 13.3. The van der Waals surface area contributed by atoms with Gasteiger partial charge in [-0.3, -0.25) is 4.79 Å². The lowest BCUT2D eigenvalue weighted by molar-refractivity contribution is 0.0742. The number of rotatable bonds is 4. The topological polar surface area (TPSA) is 38.1 Å². The monoisotopic (exact) mass is 305 g/mol. The molecule has 4 nitrogen and oxygen atoms in total. The van der Waals surface area contributed by atoms with Gasteiger partial charge in [-0.05, 0) is 42.8 Å².